The van der Waals surface area contributed by atoms with Crippen molar-refractivity contribution in [1.82, 2.24) is 20.7 Å². The van der Waals surface area contributed by atoms with Crippen LogP contribution in [0.5, 0.6) is 0 Å². The lowest BCUT2D eigenvalue weighted by molar-refractivity contribution is 0.0867. The maximum Gasteiger partial charge on any atom is 0.145 e. The van der Waals surface area contributed by atoms with Crippen LogP contribution in [0.4, 0.5) is 0 Å². The molecule has 6 nitrogen and oxygen atoms in total. The van der Waals surface area contributed by atoms with Crippen molar-refractivity contribution in [2.24, 2.45) is 5.73 Å². The minimum atomic E-state index is -0.461. The van der Waals surface area contributed by atoms with E-state index in [4.69, 9.17) is 10.6 Å². The van der Waals surface area contributed by atoms with E-state index in [2.05, 4.69) is 70.9 Å². The Bertz CT molecular complexity index is 1040. The van der Waals surface area contributed by atoms with E-state index in [9.17, 15) is 0 Å². The molecular weight excluding hydrogens is 374 g/mol. The van der Waals surface area contributed by atoms with Gasteiger partial charge in [0.15, 0.2) is 0 Å². The summed E-state index contributed by atoms with van der Waals surface area (Å²) >= 11 is 0. The van der Waals surface area contributed by atoms with Crippen molar-refractivity contribution in [2.45, 2.75) is 58.0 Å². The van der Waals surface area contributed by atoms with Gasteiger partial charge in [-0.15, -0.1) is 10.2 Å². The molecule has 0 radical (unpaired) electrons. The predicted molar refractivity (Wildman–Crippen MR) is 118 cm³/mol. The third kappa shape index (κ3) is 3.67. The molecule has 1 aliphatic carbocycles. The van der Waals surface area contributed by atoms with E-state index in [0.717, 1.165) is 30.9 Å². The van der Waals surface area contributed by atoms with Gasteiger partial charge >= 0.3 is 0 Å². The Labute approximate surface area is 178 Å². The van der Waals surface area contributed by atoms with Gasteiger partial charge in [0.2, 0.25) is 0 Å². The summed E-state index contributed by atoms with van der Waals surface area (Å²) in [5.41, 5.74) is 16.6. The van der Waals surface area contributed by atoms with Crippen LogP contribution in [-0.4, -0.2) is 28.3 Å². The van der Waals surface area contributed by atoms with Crippen LogP contribution in [0.15, 0.2) is 36.4 Å². The topological polar surface area (TPSA) is 88.8 Å². The summed E-state index contributed by atoms with van der Waals surface area (Å²) in [7, 11) is 1.64. The number of hydrogen-bond acceptors (Lipinski definition) is 5. The Balaban J connectivity index is 2.00. The number of hydrogen-bond donors (Lipinski definition) is 3. The molecule has 158 valence electrons. The van der Waals surface area contributed by atoms with Gasteiger partial charge < -0.3 is 15.6 Å². The number of hydroxylamine groups is 1. The van der Waals surface area contributed by atoms with Crippen molar-refractivity contribution >= 4 is 0 Å². The molecule has 3 aromatic rings. The molecule has 0 fully saturated rings. The minimum absolute atomic E-state index is 0.00894. The molecule has 0 spiro atoms. The lowest BCUT2D eigenvalue weighted by atomic mass is 9.68. The van der Waals surface area contributed by atoms with Crippen molar-refractivity contribution in [3.8, 4) is 0 Å². The van der Waals surface area contributed by atoms with Gasteiger partial charge in [-0.2, -0.15) is 5.48 Å². The molecular formula is C24H31N5O. The number of nitrogens with zero attached hydrogens (tertiary/aromatic N) is 2. The van der Waals surface area contributed by atoms with Crippen molar-refractivity contribution < 1.29 is 4.84 Å². The van der Waals surface area contributed by atoms with Gasteiger partial charge in [0, 0.05) is 12.6 Å². The molecule has 4 N–H and O–H groups in total. The SMILES string of the molecule is CONCc1ccc2c(c1)CCc1cc(C)ccc1C2(C[C@@H](C)N)c1nnc(C)[nH]1. The maximum absolute atomic E-state index is 6.45. The zero-order chi connectivity index (χ0) is 21.3. The Morgan fingerprint density at radius 1 is 1.10 bits per heavy atom. The molecule has 2 aromatic carbocycles. The third-order valence-electron chi connectivity index (χ3n) is 6.07. The van der Waals surface area contributed by atoms with E-state index in [1.54, 1.807) is 7.11 Å². The van der Waals surface area contributed by atoms with Crippen LogP contribution in [0.25, 0.3) is 0 Å². The average Bonchev–Trinajstić information content (AvgIpc) is 3.10. The number of aryl methyl sites for hydroxylation is 4. The molecule has 2 atom stereocenters. The van der Waals surface area contributed by atoms with Crippen LogP contribution in [0.1, 0.15) is 58.4 Å². The number of rotatable bonds is 6. The number of nitrogens with two attached hydrogens (primary N) is 1. The second-order valence-corrected chi connectivity index (χ2v) is 8.52. The zero-order valence-electron chi connectivity index (χ0n) is 18.2. The second kappa shape index (κ2) is 8.30. The second-order valence-electron chi connectivity index (χ2n) is 8.52. The van der Waals surface area contributed by atoms with Crippen molar-refractivity contribution in [1.29, 1.82) is 0 Å². The highest BCUT2D eigenvalue weighted by Crippen LogP contribution is 2.46. The zero-order valence-corrected chi connectivity index (χ0v) is 18.2. The first-order valence-electron chi connectivity index (χ1n) is 10.6. The monoisotopic (exact) mass is 405 g/mol. The minimum Gasteiger partial charge on any atom is -0.328 e. The fourth-order valence-corrected chi connectivity index (χ4v) is 4.89. The summed E-state index contributed by atoms with van der Waals surface area (Å²) in [6.07, 6.45) is 2.71. The van der Waals surface area contributed by atoms with Crippen molar-refractivity contribution in [3.05, 3.63) is 81.4 Å². The van der Waals surface area contributed by atoms with Gasteiger partial charge in [-0.1, -0.05) is 42.0 Å². The van der Waals surface area contributed by atoms with Crippen LogP contribution >= 0.6 is 0 Å². The van der Waals surface area contributed by atoms with E-state index < -0.39 is 5.41 Å². The maximum atomic E-state index is 6.45. The first-order chi connectivity index (χ1) is 14.4. The Kier molecular flexibility index (Phi) is 5.73. The highest BCUT2D eigenvalue weighted by Gasteiger charge is 2.44. The normalized spacial score (nSPS) is 19.1. The number of fused-ring (bicyclic) bond motifs is 2. The summed E-state index contributed by atoms with van der Waals surface area (Å²) in [5.74, 6) is 1.68. The standard InChI is InChI=1S/C24H31N5O/c1-15-5-9-21-19(11-15)7-8-20-12-18(14-26-30-4)6-10-22(20)24(21,13-16(2)25)23-27-17(3)28-29-23/h5-6,9-12,16,26H,7-8,13-14,25H2,1-4H3,(H,27,28,29)/t16-,24?/m1/s1. The van der Waals surface area contributed by atoms with Crippen LogP contribution in [0.2, 0.25) is 0 Å². The number of benzene rings is 2. The molecule has 1 aromatic heterocycles. The largest absolute Gasteiger partial charge is 0.328 e. The quantitative estimate of drug-likeness (QED) is 0.548. The van der Waals surface area contributed by atoms with E-state index in [1.165, 1.54) is 33.4 Å². The summed E-state index contributed by atoms with van der Waals surface area (Å²) < 4.78 is 0. The highest BCUT2D eigenvalue weighted by molar-refractivity contribution is 5.56. The van der Waals surface area contributed by atoms with Gasteiger partial charge in [-0.3, -0.25) is 0 Å². The number of aromatic nitrogens is 3. The molecule has 30 heavy (non-hydrogen) atoms. The highest BCUT2D eigenvalue weighted by atomic mass is 16.6. The van der Waals surface area contributed by atoms with Gasteiger partial charge in [0.05, 0.1) is 12.5 Å². The molecule has 0 bridgehead atoms. The summed E-state index contributed by atoms with van der Waals surface area (Å²) in [5, 5.41) is 8.93. The molecule has 0 amide bonds. The summed E-state index contributed by atoms with van der Waals surface area (Å²) in [4.78, 5) is 8.51. The Morgan fingerprint density at radius 3 is 2.43 bits per heavy atom. The van der Waals surface area contributed by atoms with Gasteiger partial charge in [-0.05, 0) is 67.9 Å². The Morgan fingerprint density at radius 2 is 1.80 bits per heavy atom. The first kappa shape index (κ1) is 20.7. The molecule has 0 saturated carbocycles. The molecule has 1 unspecified atom stereocenters. The van der Waals surface area contributed by atoms with Crippen LogP contribution in [0.3, 0.4) is 0 Å². The average molecular weight is 406 g/mol. The lowest BCUT2D eigenvalue weighted by Crippen LogP contribution is -2.38. The predicted octanol–water partition coefficient (Wildman–Crippen LogP) is 3.24. The molecule has 0 saturated heterocycles. The van der Waals surface area contributed by atoms with E-state index in [0.29, 0.717) is 6.54 Å². The van der Waals surface area contributed by atoms with E-state index >= 15 is 0 Å². The van der Waals surface area contributed by atoms with Crippen molar-refractivity contribution in [3.63, 3.8) is 0 Å². The summed E-state index contributed by atoms with van der Waals surface area (Å²) in [6.45, 7) is 6.83. The molecule has 1 heterocycles. The molecule has 1 aliphatic rings. The molecule has 4 rings (SSSR count). The lowest BCUT2D eigenvalue weighted by Gasteiger charge is -2.36. The fraction of sp³-hybridized carbons (Fsp3) is 0.417. The van der Waals surface area contributed by atoms with Crippen LogP contribution in [-0.2, 0) is 29.6 Å². The van der Waals surface area contributed by atoms with E-state index in [-0.39, 0.29) is 6.04 Å². The van der Waals surface area contributed by atoms with Gasteiger partial charge in [0.1, 0.15) is 11.6 Å². The molecule has 6 heteroatoms. The van der Waals surface area contributed by atoms with Gasteiger partial charge in [-0.25, -0.2) is 0 Å². The Hall–Kier alpha value is -2.54. The number of nitrogens with one attached hydrogen (secondary N) is 2. The smallest absolute Gasteiger partial charge is 0.145 e. The van der Waals surface area contributed by atoms with Gasteiger partial charge in [0.25, 0.3) is 0 Å². The number of H-pyrrole nitrogens is 1. The first-order valence-corrected chi connectivity index (χ1v) is 10.6. The van der Waals surface area contributed by atoms with Crippen molar-refractivity contribution in [2.75, 3.05) is 7.11 Å². The summed E-state index contributed by atoms with van der Waals surface area (Å²) in [6, 6.07) is 13.5. The third-order valence-corrected chi connectivity index (χ3v) is 6.07. The van der Waals surface area contributed by atoms with Crippen LogP contribution in [0, 0.1) is 13.8 Å². The number of aromatic amines is 1. The van der Waals surface area contributed by atoms with Crippen LogP contribution < -0.4 is 11.2 Å². The van der Waals surface area contributed by atoms with E-state index in [1.807, 2.05) is 6.92 Å². The molecule has 0 aliphatic heterocycles. The fourth-order valence-electron chi connectivity index (χ4n) is 4.89.